The Morgan fingerprint density at radius 2 is 2.11 bits per heavy atom. The third-order valence-corrected chi connectivity index (χ3v) is 5.26. The van der Waals surface area contributed by atoms with Crippen LogP contribution in [0.1, 0.15) is 17.5 Å². The Kier molecular flexibility index (Phi) is 6.62. The van der Waals surface area contributed by atoms with Crippen molar-refractivity contribution in [2.24, 2.45) is 5.73 Å². The van der Waals surface area contributed by atoms with Gasteiger partial charge in [-0.05, 0) is 48.6 Å². The molecule has 1 aromatic carbocycles. The maximum absolute atomic E-state index is 12.2. The average molecular weight is 323 g/mol. The lowest BCUT2D eigenvalue weighted by Gasteiger charge is -2.12. The molecule has 0 unspecified atom stereocenters. The second kappa shape index (κ2) is 7.50. The Morgan fingerprint density at radius 3 is 2.68 bits per heavy atom. The highest BCUT2D eigenvalue weighted by Gasteiger charge is 2.18. The number of nitrogens with one attached hydrogen (secondary N) is 1. The number of thioether (sulfide) groups is 1. The van der Waals surface area contributed by atoms with Gasteiger partial charge >= 0.3 is 0 Å². The molecule has 0 aromatic heterocycles. The summed E-state index contributed by atoms with van der Waals surface area (Å²) in [7, 11) is -3.53. The summed E-state index contributed by atoms with van der Waals surface area (Å²) in [5.41, 5.74) is 7.00. The number of sulfonamides is 1. The van der Waals surface area contributed by atoms with E-state index in [9.17, 15) is 8.42 Å². The van der Waals surface area contributed by atoms with Crippen molar-refractivity contribution in [1.82, 2.24) is 4.72 Å². The lowest BCUT2D eigenvalue weighted by atomic mass is 10.1. The molecule has 1 rings (SSSR count). The van der Waals surface area contributed by atoms with Crippen LogP contribution in [0.25, 0.3) is 0 Å². The molecule has 0 aliphatic carbocycles. The smallest absolute Gasteiger partial charge is 0.240 e. The zero-order chi connectivity index (χ0) is 14.5. The monoisotopic (exact) mass is 322 g/mol. The van der Waals surface area contributed by atoms with Gasteiger partial charge in [0.25, 0.3) is 0 Å². The summed E-state index contributed by atoms with van der Waals surface area (Å²) in [6, 6.07) is 3.16. The van der Waals surface area contributed by atoms with Crippen LogP contribution in [-0.2, 0) is 16.6 Å². The molecule has 0 saturated carbocycles. The fourth-order valence-electron chi connectivity index (χ4n) is 1.70. The van der Waals surface area contributed by atoms with Crippen molar-refractivity contribution in [3.05, 3.63) is 28.3 Å². The third-order valence-electron chi connectivity index (χ3n) is 2.76. The largest absolute Gasteiger partial charge is 0.326 e. The quantitative estimate of drug-likeness (QED) is 0.754. The SMILES string of the molecule is CSCCCNS(=O)(=O)c1cc(Cl)cc(CN)c1C. The highest BCUT2D eigenvalue weighted by molar-refractivity contribution is 7.98. The highest BCUT2D eigenvalue weighted by Crippen LogP contribution is 2.24. The summed E-state index contributed by atoms with van der Waals surface area (Å²) in [5.74, 6) is 0.922. The molecule has 1 aromatic rings. The van der Waals surface area contributed by atoms with Crippen LogP contribution in [0.5, 0.6) is 0 Å². The number of hydrogen-bond acceptors (Lipinski definition) is 4. The van der Waals surface area contributed by atoms with Gasteiger partial charge in [0.1, 0.15) is 0 Å². The maximum Gasteiger partial charge on any atom is 0.240 e. The molecule has 4 nitrogen and oxygen atoms in total. The summed E-state index contributed by atoms with van der Waals surface area (Å²) in [6.07, 6.45) is 2.78. The lowest BCUT2D eigenvalue weighted by Crippen LogP contribution is -2.26. The molecule has 0 fully saturated rings. The van der Waals surface area contributed by atoms with Crippen LogP contribution in [0.3, 0.4) is 0 Å². The fourth-order valence-corrected chi connectivity index (χ4v) is 3.82. The Bertz CT molecular complexity index is 533. The molecule has 108 valence electrons. The first-order chi connectivity index (χ1) is 8.92. The first kappa shape index (κ1) is 16.8. The first-order valence-electron chi connectivity index (χ1n) is 5.90. The van der Waals surface area contributed by atoms with Gasteiger partial charge in [-0.2, -0.15) is 11.8 Å². The minimum Gasteiger partial charge on any atom is -0.326 e. The van der Waals surface area contributed by atoms with Crippen LogP contribution >= 0.6 is 23.4 Å². The Hall–Kier alpha value is -0.270. The van der Waals surface area contributed by atoms with Gasteiger partial charge in [0.2, 0.25) is 10.0 Å². The van der Waals surface area contributed by atoms with E-state index < -0.39 is 10.0 Å². The van der Waals surface area contributed by atoms with Crippen molar-refractivity contribution < 1.29 is 8.42 Å². The molecule has 0 saturated heterocycles. The minimum atomic E-state index is -3.53. The number of benzene rings is 1. The summed E-state index contributed by atoms with van der Waals surface area (Å²) in [5, 5.41) is 0.385. The molecule has 0 atom stereocenters. The first-order valence-corrected chi connectivity index (χ1v) is 9.15. The van der Waals surface area contributed by atoms with E-state index in [0.29, 0.717) is 17.1 Å². The maximum atomic E-state index is 12.2. The standard InChI is InChI=1S/C12H19ClN2O2S2/c1-9-10(8-14)6-11(13)7-12(9)19(16,17)15-4-3-5-18-2/h6-7,15H,3-5,8,14H2,1-2H3. The van der Waals surface area contributed by atoms with Gasteiger partial charge in [-0.3, -0.25) is 0 Å². The van der Waals surface area contributed by atoms with Crippen molar-refractivity contribution in [3.8, 4) is 0 Å². The summed E-state index contributed by atoms with van der Waals surface area (Å²) in [4.78, 5) is 0.213. The Balaban J connectivity index is 2.98. The third kappa shape index (κ3) is 4.65. The number of nitrogens with two attached hydrogens (primary N) is 1. The molecule has 0 heterocycles. The van der Waals surface area contributed by atoms with Crippen LogP contribution in [0.4, 0.5) is 0 Å². The molecule has 0 radical (unpaired) electrons. The van der Waals surface area contributed by atoms with Crippen LogP contribution in [0, 0.1) is 6.92 Å². The summed E-state index contributed by atoms with van der Waals surface area (Å²) < 4.78 is 27.0. The Labute approximate surface area is 124 Å². The molecular formula is C12H19ClN2O2S2. The molecule has 3 N–H and O–H groups in total. The average Bonchev–Trinajstić information content (AvgIpc) is 2.37. The van der Waals surface area contributed by atoms with E-state index in [1.807, 2.05) is 6.26 Å². The van der Waals surface area contributed by atoms with Crippen molar-refractivity contribution in [1.29, 1.82) is 0 Å². The van der Waals surface area contributed by atoms with Crippen molar-refractivity contribution >= 4 is 33.4 Å². The number of rotatable bonds is 7. The summed E-state index contributed by atoms with van der Waals surface area (Å²) in [6.45, 7) is 2.43. The second-order valence-corrected chi connectivity index (χ2v) is 7.29. The minimum absolute atomic E-state index is 0.213. The molecule has 0 amide bonds. The van der Waals surface area contributed by atoms with Gasteiger partial charge in [0.15, 0.2) is 0 Å². The zero-order valence-electron chi connectivity index (χ0n) is 11.1. The Morgan fingerprint density at radius 1 is 1.42 bits per heavy atom. The van der Waals surface area contributed by atoms with Crippen molar-refractivity contribution in [2.75, 3.05) is 18.6 Å². The number of hydrogen-bond donors (Lipinski definition) is 2. The van der Waals surface area contributed by atoms with E-state index in [2.05, 4.69) is 4.72 Å². The van der Waals surface area contributed by atoms with E-state index in [4.69, 9.17) is 17.3 Å². The predicted octanol–water partition coefficient (Wildman–Crippen LogP) is 2.14. The normalized spacial score (nSPS) is 11.8. The van der Waals surface area contributed by atoms with E-state index in [1.165, 1.54) is 6.07 Å². The van der Waals surface area contributed by atoms with E-state index in [1.54, 1.807) is 24.8 Å². The van der Waals surface area contributed by atoms with E-state index in [0.717, 1.165) is 17.7 Å². The van der Waals surface area contributed by atoms with Crippen molar-refractivity contribution in [2.45, 2.75) is 24.8 Å². The van der Waals surface area contributed by atoms with Gasteiger partial charge in [-0.15, -0.1) is 0 Å². The van der Waals surface area contributed by atoms with Gasteiger partial charge in [0.05, 0.1) is 4.90 Å². The lowest BCUT2D eigenvalue weighted by molar-refractivity contribution is 0.580. The molecule has 7 heteroatoms. The predicted molar refractivity (Wildman–Crippen MR) is 82.3 cm³/mol. The second-order valence-electron chi connectivity index (χ2n) is 4.14. The molecular weight excluding hydrogens is 304 g/mol. The van der Waals surface area contributed by atoms with E-state index >= 15 is 0 Å². The molecule has 0 aliphatic rings. The summed E-state index contributed by atoms with van der Waals surface area (Å²) >= 11 is 7.63. The fraction of sp³-hybridized carbons (Fsp3) is 0.500. The molecule has 0 spiro atoms. The van der Waals surface area contributed by atoms with Gasteiger partial charge in [0, 0.05) is 18.1 Å². The molecule has 0 bridgehead atoms. The van der Waals surface area contributed by atoms with Crippen LogP contribution in [0.2, 0.25) is 5.02 Å². The van der Waals surface area contributed by atoms with Crippen LogP contribution < -0.4 is 10.5 Å². The molecule has 19 heavy (non-hydrogen) atoms. The molecule has 0 aliphatic heterocycles. The topological polar surface area (TPSA) is 72.2 Å². The van der Waals surface area contributed by atoms with Gasteiger partial charge in [-0.25, -0.2) is 13.1 Å². The zero-order valence-corrected chi connectivity index (χ0v) is 13.5. The van der Waals surface area contributed by atoms with Gasteiger partial charge in [-0.1, -0.05) is 11.6 Å². The van der Waals surface area contributed by atoms with Crippen LogP contribution in [0.15, 0.2) is 17.0 Å². The van der Waals surface area contributed by atoms with Gasteiger partial charge < -0.3 is 5.73 Å². The van der Waals surface area contributed by atoms with Crippen LogP contribution in [-0.4, -0.2) is 27.0 Å². The van der Waals surface area contributed by atoms with E-state index in [-0.39, 0.29) is 11.4 Å². The number of halogens is 1. The van der Waals surface area contributed by atoms with Crippen molar-refractivity contribution in [3.63, 3.8) is 0 Å². The highest BCUT2D eigenvalue weighted by atomic mass is 35.5.